The number of ether oxygens (including phenoxy) is 1. The topological polar surface area (TPSA) is 99.4 Å². The number of nitrogens with zero attached hydrogens (tertiary/aromatic N) is 1. The van der Waals surface area contributed by atoms with Crippen molar-refractivity contribution in [2.75, 3.05) is 12.4 Å². The van der Waals surface area contributed by atoms with E-state index >= 15 is 0 Å². The fraction of sp³-hybridized carbons (Fsp3) is 0.150. The smallest absolute Gasteiger partial charge is 0.338 e. The van der Waals surface area contributed by atoms with E-state index in [1.165, 1.54) is 13.2 Å². The third-order valence-corrected chi connectivity index (χ3v) is 4.05. The quantitative estimate of drug-likeness (QED) is 0.342. The van der Waals surface area contributed by atoms with E-state index in [-0.39, 0.29) is 29.0 Å². The Morgan fingerprint density at radius 2 is 1.89 bits per heavy atom. The maximum Gasteiger partial charge on any atom is 0.338 e. The number of amides is 1. The molecule has 0 radical (unpaired) electrons. The lowest BCUT2D eigenvalue weighted by Crippen LogP contribution is -2.16. The van der Waals surface area contributed by atoms with Crippen molar-refractivity contribution in [2.45, 2.75) is 13.3 Å². The lowest BCUT2D eigenvalue weighted by molar-refractivity contribution is -0.112. The number of methoxy groups -OCH3 is 1. The third kappa shape index (κ3) is 4.66. The van der Waals surface area contributed by atoms with Crippen molar-refractivity contribution in [3.8, 4) is 17.2 Å². The molecule has 1 amide bonds. The van der Waals surface area contributed by atoms with Crippen molar-refractivity contribution in [3.05, 3.63) is 64.4 Å². The molecule has 2 rings (SSSR count). The SMILES string of the molecule is CC/C(O)=C(\C#N)C(=O)Nc1ccc(-c2ccc(Cl)cc2)c(C(=O)OC)c1. The van der Waals surface area contributed by atoms with Gasteiger partial charge in [0.25, 0.3) is 5.91 Å². The molecule has 0 unspecified atom stereocenters. The highest BCUT2D eigenvalue weighted by Gasteiger charge is 2.18. The summed E-state index contributed by atoms with van der Waals surface area (Å²) >= 11 is 5.90. The van der Waals surface area contributed by atoms with Crippen molar-refractivity contribution in [2.24, 2.45) is 0 Å². The molecule has 0 aromatic heterocycles. The highest BCUT2D eigenvalue weighted by Crippen LogP contribution is 2.28. The van der Waals surface area contributed by atoms with E-state index < -0.39 is 11.9 Å². The van der Waals surface area contributed by atoms with Gasteiger partial charge in [-0.05, 0) is 35.4 Å². The summed E-state index contributed by atoms with van der Waals surface area (Å²) in [5.41, 5.74) is 1.50. The first kappa shape index (κ1) is 20.0. The second-order valence-corrected chi connectivity index (χ2v) is 5.94. The summed E-state index contributed by atoms with van der Waals surface area (Å²) in [6.45, 7) is 1.62. The van der Waals surface area contributed by atoms with E-state index in [0.717, 1.165) is 5.56 Å². The van der Waals surface area contributed by atoms with Crippen LogP contribution in [0, 0.1) is 11.3 Å². The van der Waals surface area contributed by atoms with Gasteiger partial charge in [0.15, 0.2) is 5.57 Å². The predicted molar refractivity (Wildman–Crippen MR) is 102 cm³/mol. The summed E-state index contributed by atoms with van der Waals surface area (Å²) in [4.78, 5) is 24.4. The van der Waals surface area contributed by atoms with E-state index in [4.69, 9.17) is 21.6 Å². The second kappa shape index (κ2) is 8.88. The van der Waals surface area contributed by atoms with Crippen LogP contribution in [0.5, 0.6) is 0 Å². The lowest BCUT2D eigenvalue weighted by atomic mass is 9.99. The number of benzene rings is 2. The molecule has 0 bridgehead atoms. The number of anilines is 1. The van der Waals surface area contributed by atoms with Gasteiger partial charge in [0.2, 0.25) is 0 Å². The largest absolute Gasteiger partial charge is 0.511 e. The number of allylic oxidation sites excluding steroid dienone is 1. The first-order valence-corrected chi connectivity index (χ1v) is 8.40. The maximum atomic E-state index is 12.2. The average Bonchev–Trinajstić information content (AvgIpc) is 2.68. The molecule has 138 valence electrons. The minimum Gasteiger partial charge on any atom is -0.511 e. The van der Waals surface area contributed by atoms with E-state index in [1.807, 2.05) is 0 Å². The van der Waals surface area contributed by atoms with Crippen molar-refractivity contribution < 1.29 is 19.4 Å². The summed E-state index contributed by atoms with van der Waals surface area (Å²) in [6.07, 6.45) is 0.152. The molecule has 0 aliphatic heterocycles. The van der Waals surface area contributed by atoms with Gasteiger partial charge in [0.05, 0.1) is 12.7 Å². The Labute approximate surface area is 161 Å². The van der Waals surface area contributed by atoms with Crippen molar-refractivity contribution in [1.29, 1.82) is 5.26 Å². The van der Waals surface area contributed by atoms with Crippen LogP contribution >= 0.6 is 11.6 Å². The predicted octanol–water partition coefficient (Wildman–Crippen LogP) is 4.48. The van der Waals surface area contributed by atoms with Crippen LogP contribution in [-0.4, -0.2) is 24.1 Å². The van der Waals surface area contributed by atoms with E-state index in [9.17, 15) is 14.7 Å². The number of halogens is 1. The number of aliphatic hydroxyl groups is 1. The second-order valence-electron chi connectivity index (χ2n) is 5.50. The molecular weight excluding hydrogens is 368 g/mol. The number of esters is 1. The first-order valence-electron chi connectivity index (χ1n) is 8.03. The molecule has 0 saturated heterocycles. The van der Waals surface area contributed by atoms with Crippen molar-refractivity contribution >= 4 is 29.2 Å². The zero-order valence-electron chi connectivity index (χ0n) is 14.7. The van der Waals surface area contributed by atoms with Gasteiger partial charge in [-0.2, -0.15) is 5.26 Å². The minimum absolute atomic E-state index is 0.152. The number of carbonyl (C=O) groups excluding carboxylic acids is 2. The molecule has 2 aromatic rings. The van der Waals surface area contributed by atoms with Crippen LogP contribution in [0.2, 0.25) is 5.02 Å². The number of aliphatic hydroxyl groups excluding tert-OH is 1. The van der Waals surface area contributed by atoms with E-state index in [0.29, 0.717) is 10.6 Å². The molecule has 0 aliphatic carbocycles. The maximum absolute atomic E-state index is 12.2. The Bertz CT molecular complexity index is 943. The summed E-state index contributed by atoms with van der Waals surface area (Å²) in [7, 11) is 1.26. The Morgan fingerprint density at radius 1 is 1.22 bits per heavy atom. The van der Waals surface area contributed by atoms with Gasteiger partial charge in [0, 0.05) is 17.1 Å². The summed E-state index contributed by atoms with van der Waals surface area (Å²) in [5.74, 6) is -1.64. The highest BCUT2D eigenvalue weighted by atomic mass is 35.5. The normalized spacial score (nSPS) is 11.2. The molecule has 7 heteroatoms. The van der Waals surface area contributed by atoms with Gasteiger partial charge < -0.3 is 15.2 Å². The van der Waals surface area contributed by atoms with Gasteiger partial charge in [-0.15, -0.1) is 0 Å². The van der Waals surface area contributed by atoms with E-state index in [2.05, 4.69) is 5.32 Å². The van der Waals surface area contributed by atoms with Crippen LogP contribution in [0.25, 0.3) is 11.1 Å². The zero-order valence-corrected chi connectivity index (χ0v) is 15.5. The van der Waals surface area contributed by atoms with Crippen LogP contribution in [-0.2, 0) is 9.53 Å². The molecule has 0 heterocycles. The number of rotatable bonds is 5. The Kier molecular flexibility index (Phi) is 6.58. The monoisotopic (exact) mass is 384 g/mol. The lowest BCUT2D eigenvalue weighted by Gasteiger charge is -2.12. The van der Waals surface area contributed by atoms with Gasteiger partial charge in [-0.3, -0.25) is 4.79 Å². The van der Waals surface area contributed by atoms with Crippen LogP contribution in [0.1, 0.15) is 23.7 Å². The zero-order chi connectivity index (χ0) is 20.0. The molecular formula is C20H17ClN2O4. The van der Waals surface area contributed by atoms with Crippen LogP contribution in [0.3, 0.4) is 0 Å². The van der Waals surface area contributed by atoms with Crippen molar-refractivity contribution in [1.82, 2.24) is 0 Å². The molecule has 6 nitrogen and oxygen atoms in total. The molecule has 0 fully saturated rings. The number of carbonyl (C=O) groups is 2. The number of hydrogen-bond donors (Lipinski definition) is 2. The fourth-order valence-corrected chi connectivity index (χ4v) is 2.52. The summed E-state index contributed by atoms with van der Waals surface area (Å²) in [5, 5.41) is 21.8. The Balaban J connectivity index is 2.44. The standard InChI is InChI=1S/C20H17ClN2O4/c1-3-18(24)17(11-22)19(25)23-14-8-9-15(16(10-14)20(26)27-2)12-4-6-13(21)7-5-12/h4-10,24H,3H2,1-2H3,(H,23,25)/b18-17-. The van der Waals surface area contributed by atoms with Gasteiger partial charge in [-0.25, -0.2) is 4.79 Å². The van der Waals surface area contributed by atoms with Gasteiger partial charge >= 0.3 is 5.97 Å². The van der Waals surface area contributed by atoms with Crippen molar-refractivity contribution in [3.63, 3.8) is 0 Å². The number of nitriles is 1. The van der Waals surface area contributed by atoms with Crippen LogP contribution in [0.4, 0.5) is 5.69 Å². The third-order valence-electron chi connectivity index (χ3n) is 3.80. The molecule has 0 saturated carbocycles. The fourth-order valence-electron chi connectivity index (χ4n) is 2.40. The van der Waals surface area contributed by atoms with Crippen LogP contribution < -0.4 is 5.32 Å². The van der Waals surface area contributed by atoms with Gasteiger partial charge in [0.1, 0.15) is 11.8 Å². The molecule has 2 aromatic carbocycles. The average molecular weight is 385 g/mol. The first-order chi connectivity index (χ1) is 12.9. The number of hydrogen-bond acceptors (Lipinski definition) is 5. The molecule has 27 heavy (non-hydrogen) atoms. The van der Waals surface area contributed by atoms with Crippen LogP contribution in [0.15, 0.2) is 53.8 Å². The summed E-state index contributed by atoms with van der Waals surface area (Å²) < 4.78 is 4.83. The van der Waals surface area contributed by atoms with E-state index in [1.54, 1.807) is 49.4 Å². The number of nitrogens with one attached hydrogen (secondary N) is 1. The molecule has 0 atom stereocenters. The Hall–Kier alpha value is -3.30. The summed E-state index contributed by atoms with van der Waals surface area (Å²) in [6, 6.07) is 13.3. The highest BCUT2D eigenvalue weighted by molar-refractivity contribution is 6.30. The molecule has 2 N–H and O–H groups in total. The molecule has 0 spiro atoms. The van der Waals surface area contributed by atoms with Gasteiger partial charge in [-0.1, -0.05) is 36.7 Å². The Morgan fingerprint density at radius 3 is 2.44 bits per heavy atom. The molecule has 0 aliphatic rings. The minimum atomic E-state index is -0.757.